The van der Waals surface area contributed by atoms with E-state index in [1.54, 1.807) is 4.68 Å². The van der Waals surface area contributed by atoms with Crippen molar-refractivity contribution in [2.24, 2.45) is 0 Å². The molecule has 0 aliphatic carbocycles. The fourth-order valence-electron chi connectivity index (χ4n) is 2.14. The molecule has 0 aliphatic heterocycles. The van der Waals surface area contributed by atoms with Crippen molar-refractivity contribution in [1.82, 2.24) is 20.2 Å². The van der Waals surface area contributed by atoms with Crippen molar-refractivity contribution >= 4 is 21.6 Å². The van der Waals surface area contributed by atoms with Gasteiger partial charge in [0.15, 0.2) is 5.82 Å². The average molecular weight is 344 g/mol. The summed E-state index contributed by atoms with van der Waals surface area (Å²) in [6, 6.07) is 11.8. The highest BCUT2D eigenvalue weighted by molar-refractivity contribution is 9.10. The number of halogens is 1. The van der Waals surface area contributed by atoms with Gasteiger partial charge in [-0.3, -0.25) is 0 Å². The third-order valence-corrected chi connectivity index (χ3v) is 4.34. The van der Waals surface area contributed by atoms with Crippen LogP contribution >= 0.6 is 15.9 Å². The van der Waals surface area contributed by atoms with E-state index >= 15 is 0 Å². The standard InChI is InChI=1S/C15H14BrN5/c1-9-6-7-11(8-13(9)16)21-15(18-19-20-21)12-4-3-5-14(17)10(12)2/h3-8H,17H2,1-2H3. The topological polar surface area (TPSA) is 69.6 Å². The molecule has 5 nitrogen and oxygen atoms in total. The Kier molecular flexibility index (Phi) is 3.47. The molecule has 0 radical (unpaired) electrons. The fraction of sp³-hybridized carbons (Fsp3) is 0.133. The molecule has 0 unspecified atom stereocenters. The molecular formula is C15H14BrN5. The largest absolute Gasteiger partial charge is 0.398 e. The second-order valence-electron chi connectivity index (χ2n) is 4.87. The minimum atomic E-state index is 0.676. The summed E-state index contributed by atoms with van der Waals surface area (Å²) in [5.74, 6) is 0.676. The molecule has 0 saturated carbocycles. The molecule has 0 atom stereocenters. The van der Waals surface area contributed by atoms with Crippen LogP contribution in [0.25, 0.3) is 17.1 Å². The number of hydrogen-bond acceptors (Lipinski definition) is 4. The maximum absolute atomic E-state index is 5.97. The highest BCUT2D eigenvalue weighted by Gasteiger charge is 2.14. The summed E-state index contributed by atoms with van der Waals surface area (Å²) >= 11 is 3.54. The Morgan fingerprint density at radius 1 is 1.14 bits per heavy atom. The van der Waals surface area contributed by atoms with Gasteiger partial charge >= 0.3 is 0 Å². The molecule has 0 amide bonds. The molecule has 2 aromatic carbocycles. The molecule has 0 bridgehead atoms. The molecule has 0 spiro atoms. The van der Waals surface area contributed by atoms with Gasteiger partial charge in [-0.25, -0.2) is 0 Å². The van der Waals surface area contributed by atoms with Gasteiger partial charge in [-0.1, -0.05) is 34.1 Å². The van der Waals surface area contributed by atoms with Crippen LogP contribution in [-0.2, 0) is 0 Å². The van der Waals surface area contributed by atoms with Crippen molar-refractivity contribution < 1.29 is 0 Å². The van der Waals surface area contributed by atoms with Crippen LogP contribution in [0.1, 0.15) is 11.1 Å². The van der Waals surface area contributed by atoms with E-state index in [9.17, 15) is 0 Å². The number of nitrogen functional groups attached to an aromatic ring is 1. The van der Waals surface area contributed by atoms with Gasteiger partial charge in [0.25, 0.3) is 0 Å². The Balaban J connectivity index is 2.17. The molecule has 0 aliphatic rings. The lowest BCUT2D eigenvalue weighted by Crippen LogP contribution is -2.02. The van der Waals surface area contributed by atoms with Crippen LogP contribution in [0.2, 0.25) is 0 Å². The number of benzene rings is 2. The highest BCUT2D eigenvalue weighted by Crippen LogP contribution is 2.27. The first-order valence-corrected chi connectivity index (χ1v) is 7.27. The van der Waals surface area contributed by atoms with E-state index in [1.165, 1.54) is 0 Å². The Morgan fingerprint density at radius 3 is 2.71 bits per heavy atom. The molecule has 3 aromatic rings. The molecule has 0 saturated heterocycles. The lowest BCUT2D eigenvalue weighted by molar-refractivity contribution is 0.790. The monoisotopic (exact) mass is 343 g/mol. The van der Waals surface area contributed by atoms with E-state index in [4.69, 9.17) is 5.73 Å². The zero-order valence-electron chi connectivity index (χ0n) is 11.7. The minimum absolute atomic E-state index is 0.676. The summed E-state index contributed by atoms with van der Waals surface area (Å²) in [7, 11) is 0. The van der Waals surface area contributed by atoms with Crippen LogP contribution in [0.15, 0.2) is 40.9 Å². The molecule has 3 rings (SSSR count). The van der Waals surface area contributed by atoms with Gasteiger partial charge in [0.05, 0.1) is 5.69 Å². The average Bonchev–Trinajstić information content (AvgIpc) is 2.94. The Morgan fingerprint density at radius 2 is 1.95 bits per heavy atom. The number of hydrogen-bond donors (Lipinski definition) is 1. The number of aromatic nitrogens is 4. The maximum atomic E-state index is 5.97. The summed E-state index contributed by atoms with van der Waals surface area (Å²) in [5, 5.41) is 12.1. The van der Waals surface area contributed by atoms with Crippen molar-refractivity contribution in [1.29, 1.82) is 0 Å². The molecule has 21 heavy (non-hydrogen) atoms. The molecule has 0 fully saturated rings. The maximum Gasteiger partial charge on any atom is 0.187 e. The van der Waals surface area contributed by atoms with Gasteiger partial charge in [-0.15, -0.1) is 5.10 Å². The Bertz CT molecular complexity index is 810. The summed E-state index contributed by atoms with van der Waals surface area (Å²) < 4.78 is 2.73. The van der Waals surface area contributed by atoms with Crippen molar-refractivity contribution in [2.45, 2.75) is 13.8 Å². The van der Waals surface area contributed by atoms with E-state index in [0.29, 0.717) is 5.82 Å². The summed E-state index contributed by atoms with van der Waals surface area (Å²) in [5.41, 5.74) is 10.7. The van der Waals surface area contributed by atoms with Gasteiger partial charge < -0.3 is 5.73 Å². The lowest BCUT2D eigenvalue weighted by Gasteiger charge is -2.09. The number of tetrazole rings is 1. The SMILES string of the molecule is Cc1ccc(-n2nnnc2-c2cccc(N)c2C)cc1Br. The second-order valence-corrected chi connectivity index (χ2v) is 5.72. The van der Waals surface area contributed by atoms with Crippen LogP contribution in [0, 0.1) is 13.8 Å². The van der Waals surface area contributed by atoms with E-state index in [0.717, 1.165) is 32.5 Å². The molecule has 106 valence electrons. The van der Waals surface area contributed by atoms with Crippen molar-refractivity contribution in [3.63, 3.8) is 0 Å². The lowest BCUT2D eigenvalue weighted by atomic mass is 10.1. The fourth-order valence-corrected chi connectivity index (χ4v) is 2.50. The first-order valence-electron chi connectivity index (χ1n) is 6.48. The zero-order chi connectivity index (χ0) is 15.0. The Labute approximate surface area is 130 Å². The third kappa shape index (κ3) is 2.42. The van der Waals surface area contributed by atoms with Crippen molar-refractivity contribution in [3.8, 4) is 17.1 Å². The zero-order valence-corrected chi connectivity index (χ0v) is 13.3. The smallest absolute Gasteiger partial charge is 0.187 e. The molecule has 1 heterocycles. The summed E-state index contributed by atoms with van der Waals surface area (Å²) in [6.45, 7) is 4.01. The summed E-state index contributed by atoms with van der Waals surface area (Å²) in [4.78, 5) is 0. The number of anilines is 1. The molecule has 2 N–H and O–H groups in total. The van der Waals surface area contributed by atoms with Crippen LogP contribution in [0.3, 0.4) is 0 Å². The number of nitrogens with zero attached hydrogens (tertiary/aromatic N) is 4. The quantitative estimate of drug-likeness (QED) is 0.725. The van der Waals surface area contributed by atoms with Crippen LogP contribution in [0.4, 0.5) is 5.69 Å². The van der Waals surface area contributed by atoms with Crippen LogP contribution in [-0.4, -0.2) is 20.2 Å². The predicted octanol–water partition coefficient (Wildman–Crippen LogP) is 3.29. The Hall–Kier alpha value is -2.21. The van der Waals surface area contributed by atoms with E-state index < -0.39 is 0 Å². The van der Waals surface area contributed by atoms with Gasteiger partial charge in [0.1, 0.15) is 0 Å². The number of rotatable bonds is 2. The van der Waals surface area contributed by atoms with E-state index in [2.05, 4.69) is 31.5 Å². The highest BCUT2D eigenvalue weighted by atomic mass is 79.9. The van der Waals surface area contributed by atoms with E-state index in [1.807, 2.05) is 50.2 Å². The first-order chi connectivity index (χ1) is 10.1. The van der Waals surface area contributed by atoms with E-state index in [-0.39, 0.29) is 0 Å². The molecule has 6 heteroatoms. The van der Waals surface area contributed by atoms with Gasteiger partial charge in [0.2, 0.25) is 0 Å². The molecular weight excluding hydrogens is 330 g/mol. The van der Waals surface area contributed by atoms with Gasteiger partial charge in [0, 0.05) is 15.7 Å². The van der Waals surface area contributed by atoms with Crippen LogP contribution < -0.4 is 5.73 Å². The first kappa shape index (κ1) is 13.8. The predicted molar refractivity (Wildman–Crippen MR) is 86.2 cm³/mol. The normalized spacial score (nSPS) is 10.8. The van der Waals surface area contributed by atoms with Crippen molar-refractivity contribution in [3.05, 3.63) is 52.0 Å². The van der Waals surface area contributed by atoms with Crippen LogP contribution in [0.5, 0.6) is 0 Å². The van der Waals surface area contributed by atoms with Gasteiger partial charge in [-0.05, 0) is 53.6 Å². The summed E-state index contributed by atoms with van der Waals surface area (Å²) in [6.07, 6.45) is 0. The number of nitrogens with two attached hydrogens (primary N) is 1. The molecule has 1 aromatic heterocycles. The third-order valence-electron chi connectivity index (χ3n) is 3.49. The van der Waals surface area contributed by atoms with Gasteiger partial charge in [-0.2, -0.15) is 4.68 Å². The van der Waals surface area contributed by atoms with Crippen molar-refractivity contribution in [2.75, 3.05) is 5.73 Å². The second kappa shape index (κ2) is 5.29. The number of aryl methyl sites for hydroxylation is 1. The minimum Gasteiger partial charge on any atom is -0.398 e.